The second-order valence-electron chi connectivity index (χ2n) is 3.52. The van der Waals surface area contributed by atoms with Crippen LogP contribution in [0.15, 0.2) is 0 Å². The Labute approximate surface area is 80.9 Å². The zero-order valence-corrected chi connectivity index (χ0v) is 7.91. The number of nitrogens with zero attached hydrogens (tertiary/aromatic N) is 5. The van der Waals surface area contributed by atoms with Gasteiger partial charge in [0.15, 0.2) is 5.82 Å². The summed E-state index contributed by atoms with van der Waals surface area (Å²) in [5.41, 5.74) is 0. The van der Waals surface area contributed by atoms with E-state index in [-0.39, 0.29) is 0 Å². The van der Waals surface area contributed by atoms with E-state index in [0.717, 1.165) is 0 Å². The van der Waals surface area contributed by atoms with Crippen molar-refractivity contribution < 1.29 is 10.2 Å². The van der Waals surface area contributed by atoms with E-state index in [1.807, 2.05) is 4.90 Å². The molecule has 1 fully saturated rings. The lowest BCUT2D eigenvalue weighted by molar-refractivity contribution is 0.0572. The van der Waals surface area contributed by atoms with Crippen LogP contribution in [-0.2, 0) is 13.6 Å². The summed E-state index contributed by atoms with van der Waals surface area (Å²) in [6.07, 6.45) is -1.32. The lowest BCUT2D eigenvalue weighted by Crippen LogP contribution is -2.22. The molecule has 0 amide bonds. The third-order valence-corrected chi connectivity index (χ3v) is 2.25. The van der Waals surface area contributed by atoms with Gasteiger partial charge in [-0.25, -0.2) is 0 Å². The van der Waals surface area contributed by atoms with Gasteiger partial charge in [-0.1, -0.05) is 0 Å². The quantitative estimate of drug-likeness (QED) is 0.559. The molecular formula is C7H13N5O2. The maximum absolute atomic E-state index is 9.30. The highest BCUT2D eigenvalue weighted by Gasteiger charge is 2.29. The first-order valence-corrected chi connectivity index (χ1v) is 4.46. The van der Waals surface area contributed by atoms with Gasteiger partial charge < -0.3 is 10.2 Å². The Morgan fingerprint density at radius 3 is 2.50 bits per heavy atom. The van der Waals surface area contributed by atoms with Crippen LogP contribution < -0.4 is 0 Å². The molecule has 0 spiro atoms. The van der Waals surface area contributed by atoms with Crippen LogP contribution >= 0.6 is 0 Å². The van der Waals surface area contributed by atoms with E-state index < -0.39 is 12.2 Å². The SMILES string of the molecule is Cn1nnc(CN2CC(O)C(O)C2)n1. The molecule has 0 saturated carbocycles. The molecule has 0 aliphatic carbocycles. The molecule has 78 valence electrons. The molecule has 1 aromatic heterocycles. The number of β-amino-alcohol motifs (C(OH)–C–C–N with tert-alkyl or cyclic N) is 2. The van der Waals surface area contributed by atoms with Crippen LogP contribution in [-0.4, -0.2) is 60.6 Å². The van der Waals surface area contributed by atoms with Crippen molar-refractivity contribution >= 4 is 0 Å². The number of aliphatic hydroxyl groups is 2. The van der Waals surface area contributed by atoms with Crippen molar-refractivity contribution in [3.63, 3.8) is 0 Å². The molecule has 2 rings (SSSR count). The van der Waals surface area contributed by atoms with Crippen LogP contribution in [0.25, 0.3) is 0 Å². The number of tetrazole rings is 1. The molecule has 2 atom stereocenters. The fraction of sp³-hybridized carbons (Fsp3) is 0.857. The summed E-state index contributed by atoms with van der Waals surface area (Å²) in [4.78, 5) is 3.28. The van der Waals surface area contributed by atoms with E-state index in [4.69, 9.17) is 0 Å². The van der Waals surface area contributed by atoms with E-state index >= 15 is 0 Å². The van der Waals surface area contributed by atoms with Gasteiger partial charge in [-0.05, 0) is 5.21 Å². The van der Waals surface area contributed by atoms with Crippen molar-refractivity contribution in [3.05, 3.63) is 5.82 Å². The topological polar surface area (TPSA) is 87.3 Å². The van der Waals surface area contributed by atoms with Gasteiger partial charge in [0.2, 0.25) is 0 Å². The fourth-order valence-corrected chi connectivity index (χ4v) is 1.56. The second kappa shape index (κ2) is 3.60. The van der Waals surface area contributed by atoms with Gasteiger partial charge in [-0.15, -0.1) is 10.2 Å². The Morgan fingerprint density at radius 2 is 2.00 bits per heavy atom. The molecule has 0 aromatic carbocycles. The molecule has 7 heteroatoms. The molecule has 1 saturated heterocycles. The van der Waals surface area contributed by atoms with E-state index in [1.54, 1.807) is 7.05 Å². The lowest BCUT2D eigenvalue weighted by atomic mass is 10.3. The number of aromatic nitrogens is 4. The minimum atomic E-state index is -0.660. The third kappa shape index (κ3) is 1.89. The lowest BCUT2D eigenvalue weighted by Gasteiger charge is -2.10. The van der Waals surface area contributed by atoms with Gasteiger partial charge in [-0.2, -0.15) is 4.80 Å². The van der Waals surface area contributed by atoms with Crippen molar-refractivity contribution in [1.82, 2.24) is 25.1 Å². The predicted molar refractivity (Wildman–Crippen MR) is 46.1 cm³/mol. The molecule has 1 aliphatic rings. The normalized spacial score (nSPS) is 28.5. The summed E-state index contributed by atoms with van der Waals surface area (Å²) in [5, 5.41) is 30.1. The number of hydrogen-bond donors (Lipinski definition) is 2. The number of rotatable bonds is 2. The predicted octanol–water partition coefficient (Wildman–Crippen LogP) is -2.25. The monoisotopic (exact) mass is 199 g/mol. The highest BCUT2D eigenvalue weighted by atomic mass is 16.3. The van der Waals surface area contributed by atoms with Gasteiger partial charge in [0.1, 0.15) is 0 Å². The maximum Gasteiger partial charge on any atom is 0.188 e. The number of likely N-dealkylation sites (tertiary alicyclic amines) is 1. The molecule has 7 nitrogen and oxygen atoms in total. The fourth-order valence-electron chi connectivity index (χ4n) is 1.56. The molecule has 1 aromatic rings. The summed E-state index contributed by atoms with van der Waals surface area (Å²) in [5.74, 6) is 0.605. The summed E-state index contributed by atoms with van der Waals surface area (Å²) in [7, 11) is 1.70. The van der Waals surface area contributed by atoms with Crippen molar-refractivity contribution in [2.75, 3.05) is 13.1 Å². The Hall–Kier alpha value is -1.05. The zero-order valence-electron chi connectivity index (χ0n) is 7.91. The maximum atomic E-state index is 9.30. The number of aliphatic hydroxyl groups excluding tert-OH is 2. The summed E-state index contributed by atoms with van der Waals surface area (Å²) in [6.45, 7) is 1.43. The van der Waals surface area contributed by atoms with Gasteiger partial charge in [0.05, 0.1) is 25.8 Å². The highest BCUT2D eigenvalue weighted by molar-refractivity contribution is 4.87. The van der Waals surface area contributed by atoms with E-state index in [1.165, 1.54) is 4.80 Å². The molecular weight excluding hydrogens is 186 g/mol. The second-order valence-corrected chi connectivity index (χ2v) is 3.52. The molecule has 2 unspecified atom stereocenters. The van der Waals surface area contributed by atoms with Gasteiger partial charge in [-0.3, -0.25) is 4.90 Å². The molecule has 2 heterocycles. The van der Waals surface area contributed by atoms with Crippen molar-refractivity contribution in [2.24, 2.45) is 7.05 Å². The van der Waals surface area contributed by atoms with Crippen molar-refractivity contribution in [3.8, 4) is 0 Å². The van der Waals surface area contributed by atoms with Crippen LogP contribution in [0.3, 0.4) is 0 Å². The largest absolute Gasteiger partial charge is 0.389 e. The average Bonchev–Trinajstić information content (AvgIpc) is 2.62. The van der Waals surface area contributed by atoms with E-state index in [9.17, 15) is 10.2 Å². The van der Waals surface area contributed by atoms with Crippen LogP contribution in [0, 0.1) is 0 Å². The first-order valence-electron chi connectivity index (χ1n) is 4.46. The standard InChI is InChI=1S/C7H13N5O2/c1-11-9-7(8-10-11)4-12-2-5(13)6(14)3-12/h5-6,13-14H,2-4H2,1H3. The summed E-state index contributed by atoms with van der Waals surface area (Å²) in [6, 6.07) is 0. The summed E-state index contributed by atoms with van der Waals surface area (Å²) >= 11 is 0. The van der Waals surface area contributed by atoms with Crippen LogP contribution in [0.4, 0.5) is 0 Å². The van der Waals surface area contributed by atoms with Crippen LogP contribution in [0.1, 0.15) is 5.82 Å². The van der Waals surface area contributed by atoms with Gasteiger partial charge in [0.25, 0.3) is 0 Å². The first kappa shape index (κ1) is 9.50. The first-order chi connectivity index (χ1) is 6.65. The van der Waals surface area contributed by atoms with E-state index in [0.29, 0.717) is 25.5 Å². The highest BCUT2D eigenvalue weighted by Crippen LogP contribution is 2.11. The Morgan fingerprint density at radius 1 is 1.36 bits per heavy atom. The Bertz CT molecular complexity index is 305. The van der Waals surface area contributed by atoms with Crippen LogP contribution in [0.5, 0.6) is 0 Å². The third-order valence-electron chi connectivity index (χ3n) is 2.25. The zero-order chi connectivity index (χ0) is 10.1. The Balaban J connectivity index is 1.93. The number of hydrogen-bond acceptors (Lipinski definition) is 6. The average molecular weight is 199 g/mol. The molecule has 0 radical (unpaired) electrons. The molecule has 0 bridgehead atoms. The van der Waals surface area contributed by atoms with Gasteiger partial charge >= 0.3 is 0 Å². The number of aryl methyl sites for hydroxylation is 1. The van der Waals surface area contributed by atoms with E-state index in [2.05, 4.69) is 15.4 Å². The van der Waals surface area contributed by atoms with Gasteiger partial charge in [0, 0.05) is 13.1 Å². The minimum Gasteiger partial charge on any atom is -0.389 e. The minimum absolute atomic E-state index is 0.458. The van der Waals surface area contributed by atoms with Crippen LogP contribution in [0.2, 0.25) is 0 Å². The Kier molecular flexibility index (Phi) is 2.44. The summed E-state index contributed by atoms with van der Waals surface area (Å²) < 4.78 is 0. The molecule has 14 heavy (non-hydrogen) atoms. The molecule has 2 N–H and O–H groups in total. The smallest absolute Gasteiger partial charge is 0.188 e. The molecule has 1 aliphatic heterocycles. The van der Waals surface area contributed by atoms with Crippen molar-refractivity contribution in [1.29, 1.82) is 0 Å². The van der Waals surface area contributed by atoms with Crippen molar-refractivity contribution in [2.45, 2.75) is 18.8 Å².